The molecule has 3 heteroatoms. The number of ether oxygens (including phenoxy) is 1. The molecule has 0 aromatic carbocycles. The fourth-order valence-electron chi connectivity index (χ4n) is 2.79. The summed E-state index contributed by atoms with van der Waals surface area (Å²) in [6.45, 7) is 16.6. The molecule has 1 saturated heterocycles. The van der Waals surface area contributed by atoms with Gasteiger partial charge >= 0.3 is 0 Å². The first-order valence-corrected chi connectivity index (χ1v) is 7.96. The minimum absolute atomic E-state index is 0.239. The minimum Gasteiger partial charge on any atom is -0.376 e. The molecule has 19 heavy (non-hydrogen) atoms. The Bertz CT molecular complexity index is 250. The first-order valence-electron chi connectivity index (χ1n) is 7.96. The van der Waals surface area contributed by atoms with Gasteiger partial charge in [-0.3, -0.25) is 4.90 Å². The van der Waals surface area contributed by atoms with Crippen LogP contribution in [0.2, 0.25) is 0 Å². The highest BCUT2D eigenvalue weighted by Crippen LogP contribution is 2.19. The molecule has 1 aliphatic heterocycles. The van der Waals surface area contributed by atoms with Crippen molar-refractivity contribution < 1.29 is 4.74 Å². The van der Waals surface area contributed by atoms with Gasteiger partial charge in [-0.15, -0.1) is 0 Å². The van der Waals surface area contributed by atoms with Gasteiger partial charge in [0, 0.05) is 24.2 Å². The summed E-state index contributed by atoms with van der Waals surface area (Å²) in [5.74, 6) is 0. The summed E-state index contributed by atoms with van der Waals surface area (Å²) < 4.78 is 5.78. The average molecular weight is 270 g/mol. The van der Waals surface area contributed by atoms with Crippen molar-refractivity contribution in [3.05, 3.63) is 0 Å². The third kappa shape index (κ3) is 6.24. The van der Waals surface area contributed by atoms with Gasteiger partial charge in [0.05, 0.1) is 12.7 Å². The van der Waals surface area contributed by atoms with E-state index in [1.807, 2.05) is 0 Å². The standard InChI is InChI=1S/C16H34N2O/c1-7-15-12-19-14(3)11-18(15)13(2)9-8-10-17-16(4,5)6/h13-15,17H,7-12H2,1-6H3. The van der Waals surface area contributed by atoms with Gasteiger partial charge in [0.25, 0.3) is 0 Å². The number of morpholine rings is 1. The fraction of sp³-hybridized carbons (Fsp3) is 1.00. The Kier molecular flexibility index (Phi) is 6.78. The van der Waals surface area contributed by atoms with Crippen molar-refractivity contribution in [1.29, 1.82) is 0 Å². The average Bonchev–Trinajstić information content (AvgIpc) is 2.33. The van der Waals surface area contributed by atoms with E-state index in [1.54, 1.807) is 0 Å². The predicted octanol–water partition coefficient (Wildman–Crippen LogP) is 3.04. The smallest absolute Gasteiger partial charge is 0.0674 e. The van der Waals surface area contributed by atoms with Crippen molar-refractivity contribution in [3.8, 4) is 0 Å². The quantitative estimate of drug-likeness (QED) is 0.751. The Balaban J connectivity index is 2.32. The first-order chi connectivity index (χ1) is 8.83. The largest absolute Gasteiger partial charge is 0.376 e. The predicted molar refractivity (Wildman–Crippen MR) is 82.7 cm³/mol. The molecular formula is C16H34N2O. The molecule has 0 aliphatic carbocycles. The van der Waals surface area contributed by atoms with E-state index in [4.69, 9.17) is 4.74 Å². The Morgan fingerprint density at radius 3 is 2.63 bits per heavy atom. The summed E-state index contributed by atoms with van der Waals surface area (Å²) in [4.78, 5) is 2.66. The molecule has 3 nitrogen and oxygen atoms in total. The van der Waals surface area contributed by atoms with Crippen LogP contribution >= 0.6 is 0 Å². The monoisotopic (exact) mass is 270 g/mol. The van der Waals surface area contributed by atoms with Crippen molar-refractivity contribution in [2.24, 2.45) is 0 Å². The van der Waals surface area contributed by atoms with Crippen LogP contribution in [0.5, 0.6) is 0 Å². The molecule has 0 spiro atoms. The minimum atomic E-state index is 0.239. The third-order valence-corrected chi connectivity index (χ3v) is 4.00. The van der Waals surface area contributed by atoms with E-state index in [-0.39, 0.29) is 5.54 Å². The van der Waals surface area contributed by atoms with E-state index in [0.29, 0.717) is 18.2 Å². The van der Waals surface area contributed by atoms with E-state index in [1.165, 1.54) is 19.3 Å². The molecule has 1 rings (SSSR count). The van der Waals surface area contributed by atoms with Crippen LogP contribution in [0.25, 0.3) is 0 Å². The second-order valence-electron chi connectivity index (χ2n) is 7.07. The summed E-state index contributed by atoms with van der Waals surface area (Å²) in [6.07, 6.45) is 4.10. The fourth-order valence-corrected chi connectivity index (χ4v) is 2.79. The van der Waals surface area contributed by atoms with Gasteiger partial charge in [-0.2, -0.15) is 0 Å². The molecule has 0 amide bonds. The van der Waals surface area contributed by atoms with Gasteiger partial charge < -0.3 is 10.1 Å². The maximum Gasteiger partial charge on any atom is 0.0674 e. The van der Waals surface area contributed by atoms with Crippen molar-refractivity contribution >= 4 is 0 Å². The lowest BCUT2D eigenvalue weighted by atomic mass is 10.0. The van der Waals surface area contributed by atoms with Crippen LogP contribution in [0.3, 0.4) is 0 Å². The number of nitrogens with one attached hydrogen (secondary N) is 1. The Morgan fingerprint density at radius 1 is 1.37 bits per heavy atom. The molecule has 1 N–H and O–H groups in total. The van der Waals surface area contributed by atoms with E-state index < -0.39 is 0 Å². The van der Waals surface area contributed by atoms with Crippen LogP contribution in [0.1, 0.15) is 60.8 Å². The van der Waals surface area contributed by atoms with Crippen molar-refractivity contribution in [2.45, 2.75) is 84.5 Å². The summed E-state index contributed by atoms with van der Waals surface area (Å²) in [5, 5.41) is 3.57. The van der Waals surface area contributed by atoms with Crippen molar-refractivity contribution in [1.82, 2.24) is 10.2 Å². The number of rotatable bonds is 6. The van der Waals surface area contributed by atoms with E-state index in [9.17, 15) is 0 Å². The molecule has 114 valence electrons. The van der Waals surface area contributed by atoms with Crippen LogP contribution < -0.4 is 5.32 Å². The lowest BCUT2D eigenvalue weighted by molar-refractivity contribution is -0.0710. The molecule has 0 aromatic rings. The number of hydrogen-bond acceptors (Lipinski definition) is 3. The molecule has 1 heterocycles. The molecule has 1 fully saturated rings. The SMILES string of the molecule is CCC1COC(C)CN1C(C)CCCNC(C)(C)C. The van der Waals surface area contributed by atoms with E-state index in [0.717, 1.165) is 19.7 Å². The molecule has 0 saturated carbocycles. The van der Waals surface area contributed by atoms with Gasteiger partial charge in [0.1, 0.15) is 0 Å². The lowest BCUT2D eigenvalue weighted by Gasteiger charge is -2.42. The summed E-state index contributed by atoms with van der Waals surface area (Å²) in [5.41, 5.74) is 0.239. The Morgan fingerprint density at radius 2 is 2.05 bits per heavy atom. The van der Waals surface area contributed by atoms with Crippen molar-refractivity contribution in [2.75, 3.05) is 19.7 Å². The lowest BCUT2D eigenvalue weighted by Crippen LogP contribution is -2.52. The van der Waals surface area contributed by atoms with Crippen LogP contribution in [0, 0.1) is 0 Å². The molecular weight excluding hydrogens is 236 g/mol. The van der Waals surface area contributed by atoms with Gasteiger partial charge in [0.2, 0.25) is 0 Å². The highest BCUT2D eigenvalue weighted by molar-refractivity contribution is 4.82. The van der Waals surface area contributed by atoms with E-state index in [2.05, 4.69) is 51.8 Å². The highest BCUT2D eigenvalue weighted by Gasteiger charge is 2.28. The molecule has 3 atom stereocenters. The summed E-state index contributed by atoms with van der Waals surface area (Å²) in [6, 6.07) is 1.28. The zero-order chi connectivity index (χ0) is 14.5. The van der Waals surface area contributed by atoms with Crippen LogP contribution in [0.15, 0.2) is 0 Å². The zero-order valence-electron chi connectivity index (χ0n) is 13.8. The second kappa shape index (κ2) is 7.61. The van der Waals surface area contributed by atoms with Crippen molar-refractivity contribution in [3.63, 3.8) is 0 Å². The first kappa shape index (κ1) is 16.9. The second-order valence-corrected chi connectivity index (χ2v) is 7.07. The summed E-state index contributed by atoms with van der Waals surface area (Å²) >= 11 is 0. The number of hydrogen-bond donors (Lipinski definition) is 1. The van der Waals surface area contributed by atoms with Gasteiger partial charge in [0.15, 0.2) is 0 Å². The molecule has 1 aliphatic rings. The maximum atomic E-state index is 5.78. The maximum absolute atomic E-state index is 5.78. The van der Waals surface area contributed by atoms with Crippen LogP contribution in [0.4, 0.5) is 0 Å². The van der Waals surface area contributed by atoms with Gasteiger partial charge in [-0.05, 0) is 60.4 Å². The Labute approximate surface area is 120 Å². The van der Waals surface area contributed by atoms with Crippen LogP contribution in [-0.2, 0) is 4.74 Å². The number of nitrogens with zero attached hydrogens (tertiary/aromatic N) is 1. The highest BCUT2D eigenvalue weighted by atomic mass is 16.5. The van der Waals surface area contributed by atoms with Gasteiger partial charge in [-0.25, -0.2) is 0 Å². The normalized spacial score (nSPS) is 27.5. The third-order valence-electron chi connectivity index (χ3n) is 4.00. The van der Waals surface area contributed by atoms with Crippen LogP contribution in [-0.4, -0.2) is 48.3 Å². The van der Waals surface area contributed by atoms with Gasteiger partial charge in [-0.1, -0.05) is 6.92 Å². The molecule has 0 bridgehead atoms. The molecule has 0 radical (unpaired) electrons. The van der Waals surface area contributed by atoms with E-state index >= 15 is 0 Å². The zero-order valence-corrected chi connectivity index (χ0v) is 13.8. The summed E-state index contributed by atoms with van der Waals surface area (Å²) in [7, 11) is 0. The Hall–Kier alpha value is -0.120. The molecule has 3 unspecified atom stereocenters. The topological polar surface area (TPSA) is 24.5 Å². The molecule has 0 aromatic heterocycles.